The molecule has 0 aromatic heterocycles. The monoisotopic (exact) mass is 296 g/mol. The predicted octanol–water partition coefficient (Wildman–Crippen LogP) is 5.23. The molecule has 2 fully saturated rings. The Morgan fingerprint density at radius 1 is 1.05 bits per heavy atom. The molecule has 1 N–H and O–H groups in total. The molecule has 1 heterocycles. The van der Waals surface area contributed by atoms with Gasteiger partial charge in [0.25, 0.3) is 0 Å². The Morgan fingerprint density at radius 2 is 1.71 bits per heavy atom. The number of hydrogen-bond acceptors (Lipinski definition) is 2. The summed E-state index contributed by atoms with van der Waals surface area (Å²) in [6.45, 7) is 3.14. The molecule has 2 rings (SSSR count). The number of aliphatic hydroxyl groups is 1. The molecule has 2 nitrogen and oxygen atoms in total. The molecule has 1 saturated heterocycles. The van der Waals surface area contributed by atoms with Crippen LogP contribution >= 0.6 is 0 Å². The Labute approximate surface area is 131 Å². The lowest BCUT2D eigenvalue weighted by Crippen LogP contribution is -2.41. The average molecular weight is 296 g/mol. The van der Waals surface area contributed by atoms with E-state index in [1.54, 1.807) is 0 Å². The zero-order chi connectivity index (χ0) is 15.0. The molecule has 2 atom stereocenters. The maximum absolute atomic E-state index is 10.5. The van der Waals surface area contributed by atoms with Gasteiger partial charge in [-0.05, 0) is 38.0 Å². The van der Waals surface area contributed by atoms with Crippen molar-refractivity contribution >= 4 is 0 Å². The van der Waals surface area contributed by atoms with E-state index in [0.717, 1.165) is 25.9 Å². The fourth-order valence-corrected chi connectivity index (χ4v) is 4.31. The zero-order valence-electron chi connectivity index (χ0n) is 14.1. The van der Waals surface area contributed by atoms with Crippen molar-refractivity contribution in [1.82, 2.24) is 0 Å². The van der Waals surface area contributed by atoms with Gasteiger partial charge in [-0.1, -0.05) is 64.7 Å². The second-order valence-electron chi connectivity index (χ2n) is 7.47. The first-order valence-electron chi connectivity index (χ1n) is 9.58. The molecule has 0 radical (unpaired) electrons. The molecule has 0 aromatic rings. The third kappa shape index (κ3) is 5.56. The first-order chi connectivity index (χ1) is 10.3. The highest BCUT2D eigenvalue weighted by atomic mass is 16.5. The third-order valence-electron chi connectivity index (χ3n) is 5.69. The van der Waals surface area contributed by atoms with Crippen molar-refractivity contribution in [2.75, 3.05) is 6.61 Å². The van der Waals surface area contributed by atoms with Gasteiger partial charge < -0.3 is 9.84 Å². The van der Waals surface area contributed by atoms with Crippen molar-refractivity contribution < 1.29 is 9.84 Å². The Kier molecular flexibility index (Phi) is 7.53. The lowest BCUT2D eigenvalue weighted by Gasteiger charge is -2.40. The lowest BCUT2D eigenvalue weighted by atomic mass is 9.80. The van der Waals surface area contributed by atoms with E-state index in [9.17, 15) is 5.11 Å². The quantitative estimate of drug-likeness (QED) is 0.590. The largest absolute Gasteiger partial charge is 0.393 e. The van der Waals surface area contributed by atoms with E-state index in [2.05, 4.69) is 6.92 Å². The van der Waals surface area contributed by atoms with Gasteiger partial charge >= 0.3 is 0 Å². The van der Waals surface area contributed by atoms with Crippen molar-refractivity contribution in [2.24, 2.45) is 5.92 Å². The number of unbranched alkanes of at least 4 members (excludes halogenated alkanes) is 6. The highest BCUT2D eigenvalue weighted by molar-refractivity contribution is 4.92. The van der Waals surface area contributed by atoms with E-state index in [0.29, 0.717) is 5.92 Å². The van der Waals surface area contributed by atoms with Crippen molar-refractivity contribution in [1.29, 1.82) is 0 Å². The number of aliphatic hydroxyl groups excluding tert-OH is 1. The van der Waals surface area contributed by atoms with Crippen molar-refractivity contribution in [3.8, 4) is 0 Å². The van der Waals surface area contributed by atoms with Crippen molar-refractivity contribution in [3.63, 3.8) is 0 Å². The molecule has 2 unspecified atom stereocenters. The van der Waals surface area contributed by atoms with Gasteiger partial charge in [0, 0.05) is 6.61 Å². The van der Waals surface area contributed by atoms with Gasteiger partial charge in [0.2, 0.25) is 0 Å². The van der Waals surface area contributed by atoms with E-state index in [1.807, 2.05) is 0 Å². The first kappa shape index (κ1) is 17.3. The van der Waals surface area contributed by atoms with Gasteiger partial charge in [0.05, 0.1) is 11.7 Å². The molecule has 2 aliphatic rings. The van der Waals surface area contributed by atoms with Gasteiger partial charge in [-0.2, -0.15) is 0 Å². The summed E-state index contributed by atoms with van der Waals surface area (Å²) in [6.07, 6.45) is 17.5. The molecule has 1 aliphatic carbocycles. The van der Waals surface area contributed by atoms with E-state index >= 15 is 0 Å². The molecule has 0 aromatic carbocycles. The van der Waals surface area contributed by atoms with E-state index in [1.165, 1.54) is 70.6 Å². The third-order valence-corrected chi connectivity index (χ3v) is 5.69. The molecule has 2 heteroatoms. The minimum absolute atomic E-state index is 0.0815. The van der Waals surface area contributed by atoms with Crippen LogP contribution in [0.1, 0.15) is 96.8 Å². The smallest absolute Gasteiger partial charge is 0.0686 e. The van der Waals surface area contributed by atoms with Crippen molar-refractivity contribution in [2.45, 2.75) is 109 Å². The number of rotatable bonds is 9. The van der Waals surface area contributed by atoms with E-state index in [-0.39, 0.29) is 11.7 Å². The fourth-order valence-electron chi connectivity index (χ4n) is 4.31. The van der Waals surface area contributed by atoms with E-state index < -0.39 is 0 Å². The minimum atomic E-state index is -0.0815. The van der Waals surface area contributed by atoms with Crippen LogP contribution in [0, 0.1) is 5.92 Å². The van der Waals surface area contributed by atoms with Crippen LogP contribution in [-0.2, 0) is 4.74 Å². The molecule has 0 amide bonds. The Hall–Kier alpha value is -0.0800. The number of hydrogen-bond donors (Lipinski definition) is 1. The van der Waals surface area contributed by atoms with Crippen LogP contribution in [0.25, 0.3) is 0 Å². The highest BCUT2D eigenvalue weighted by Gasteiger charge is 2.41. The molecule has 1 aliphatic heterocycles. The molecule has 21 heavy (non-hydrogen) atoms. The van der Waals surface area contributed by atoms with Crippen LogP contribution in [0.15, 0.2) is 0 Å². The minimum Gasteiger partial charge on any atom is -0.393 e. The van der Waals surface area contributed by atoms with Gasteiger partial charge in [-0.25, -0.2) is 0 Å². The highest BCUT2D eigenvalue weighted by Crippen LogP contribution is 2.43. The average Bonchev–Trinajstić information content (AvgIpc) is 2.94. The molecule has 1 spiro atoms. The summed E-state index contributed by atoms with van der Waals surface area (Å²) in [7, 11) is 0. The maximum atomic E-state index is 10.5. The van der Waals surface area contributed by atoms with Crippen LogP contribution in [0.3, 0.4) is 0 Å². The van der Waals surface area contributed by atoms with Crippen LogP contribution in [0.4, 0.5) is 0 Å². The molecular formula is C19H36O2. The van der Waals surface area contributed by atoms with Crippen LogP contribution in [-0.4, -0.2) is 23.4 Å². The van der Waals surface area contributed by atoms with Crippen LogP contribution in [0.2, 0.25) is 0 Å². The number of ether oxygens (including phenoxy) is 1. The summed E-state index contributed by atoms with van der Waals surface area (Å²) >= 11 is 0. The second kappa shape index (κ2) is 9.15. The summed E-state index contributed by atoms with van der Waals surface area (Å²) < 4.78 is 6.08. The molecule has 124 valence electrons. The summed E-state index contributed by atoms with van der Waals surface area (Å²) in [4.78, 5) is 0. The van der Waals surface area contributed by atoms with Gasteiger partial charge in [-0.3, -0.25) is 0 Å². The normalized spacial score (nSPS) is 26.3. The first-order valence-corrected chi connectivity index (χ1v) is 9.58. The molecule has 1 saturated carbocycles. The summed E-state index contributed by atoms with van der Waals surface area (Å²) in [5.41, 5.74) is 0.157. The lowest BCUT2D eigenvalue weighted by molar-refractivity contribution is -0.113. The Bertz CT molecular complexity index is 271. The summed E-state index contributed by atoms with van der Waals surface area (Å²) in [5.74, 6) is 0.497. The Balaban J connectivity index is 1.58. The van der Waals surface area contributed by atoms with Gasteiger partial charge in [0.1, 0.15) is 0 Å². The topological polar surface area (TPSA) is 29.5 Å². The predicted molar refractivity (Wildman–Crippen MR) is 88.5 cm³/mol. The molecular weight excluding hydrogens is 260 g/mol. The zero-order valence-corrected chi connectivity index (χ0v) is 14.1. The van der Waals surface area contributed by atoms with Crippen LogP contribution < -0.4 is 0 Å². The van der Waals surface area contributed by atoms with Crippen molar-refractivity contribution in [3.05, 3.63) is 0 Å². The van der Waals surface area contributed by atoms with Crippen LogP contribution in [0.5, 0.6) is 0 Å². The SMILES string of the molecule is CCCCCCCCCC(O)C1CCOC2(CCCC2)C1. The maximum Gasteiger partial charge on any atom is 0.0686 e. The molecule has 0 bridgehead atoms. The summed E-state index contributed by atoms with van der Waals surface area (Å²) in [5, 5.41) is 10.5. The van der Waals surface area contributed by atoms with E-state index in [4.69, 9.17) is 4.74 Å². The second-order valence-corrected chi connectivity index (χ2v) is 7.47. The standard InChI is InChI=1S/C19H36O2/c1-2-3-4-5-6-7-8-11-18(20)17-12-15-21-19(16-17)13-9-10-14-19/h17-18,20H,2-16H2,1H3. The Morgan fingerprint density at radius 3 is 2.43 bits per heavy atom. The van der Waals surface area contributed by atoms with Gasteiger partial charge in [0.15, 0.2) is 0 Å². The fraction of sp³-hybridized carbons (Fsp3) is 1.00. The van der Waals surface area contributed by atoms with Gasteiger partial charge in [-0.15, -0.1) is 0 Å². The summed E-state index contributed by atoms with van der Waals surface area (Å²) in [6, 6.07) is 0.